The zero-order chi connectivity index (χ0) is 18.5. The maximum absolute atomic E-state index is 12.5. The molecule has 0 aliphatic heterocycles. The Kier molecular flexibility index (Phi) is 6.01. The summed E-state index contributed by atoms with van der Waals surface area (Å²) in [5.41, 5.74) is 0.375. The highest BCUT2D eigenvalue weighted by Crippen LogP contribution is 2.25. The minimum atomic E-state index is -1.13. The quantitative estimate of drug-likeness (QED) is 0.774. The highest BCUT2D eigenvalue weighted by molar-refractivity contribution is 5.81. The summed E-state index contributed by atoms with van der Waals surface area (Å²) < 4.78 is 1.64. The Labute approximate surface area is 150 Å². The molecule has 25 heavy (non-hydrogen) atoms. The summed E-state index contributed by atoms with van der Waals surface area (Å²) in [4.78, 5) is 12.5. The van der Waals surface area contributed by atoms with Gasteiger partial charge in [-0.3, -0.25) is 9.48 Å². The van der Waals surface area contributed by atoms with Crippen molar-refractivity contribution in [1.82, 2.24) is 15.1 Å². The van der Waals surface area contributed by atoms with Crippen LogP contribution in [0, 0.1) is 5.41 Å². The van der Waals surface area contributed by atoms with Gasteiger partial charge in [-0.1, -0.05) is 44.2 Å². The largest absolute Gasteiger partial charge is 0.383 e. The summed E-state index contributed by atoms with van der Waals surface area (Å²) in [5.74, 6) is -0.0373. The van der Waals surface area contributed by atoms with Crippen LogP contribution in [0.15, 0.2) is 42.7 Å². The number of aromatic nitrogens is 2. The van der Waals surface area contributed by atoms with Crippen LogP contribution in [0.3, 0.4) is 0 Å². The number of nitrogens with one attached hydrogen (secondary N) is 1. The lowest BCUT2D eigenvalue weighted by atomic mass is 9.85. The fraction of sp³-hybridized carbons (Fsp3) is 0.500. The van der Waals surface area contributed by atoms with Crippen LogP contribution in [0.4, 0.5) is 0 Å². The summed E-state index contributed by atoms with van der Waals surface area (Å²) >= 11 is 0. The molecule has 1 aromatic carbocycles. The predicted molar refractivity (Wildman–Crippen MR) is 98.9 cm³/mol. The highest BCUT2D eigenvalue weighted by Gasteiger charge is 2.31. The van der Waals surface area contributed by atoms with E-state index in [1.54, 1.807) is 31.0 Å². The molecule has 0 bridgehead atoms. The number of nitrogens with zero attached hydrogens (tertiary/aromatic N) is 2. The molecule has 0 saturated heterocycles. The molecule has 0 aliphatic carbocycles. The molecule has 0 radical (unpaired) electrons. The van der Waals surface area contributed by atoms with E-state index in [0.29, 0.717) is 5.56 Å². The number of aliphatic hydroxyl groups is 1. The van der Waals surface area contributed by atoms with E-state index in [1.165, 1.54) is 5.56 Å². The van der Waals surface area contributed by atoms with Crippen LogP contribution < -0.4 is 5.32 Å². The van der Waals surface area contributed by atoms with Crippen LogP contribution in [0.25, 0.3) is 0 Å². The lowest BCUT2D eigenvalue weighted by Crippen LogP contribution is -2.44. The molecule has 0 saturated carbocycles. The zero-order valence-corrected chi connectivity index (χ0v) is 15.6. The van der Waals surface area contributed by atoms with Gasteiger partial charge in [0.1, 0.15) is 5.60 Å². The number of benzene rings is 1. The number of hydrogen-bond acceptors (Lipinski definition) is 3. The number of hydrogen-bond donors (Lipinski definition) is 2. The van der Waals surface area contributed by atoms with Gasteiger partial charge < -0.3 is 10.4 Å². The van der Waals surface area contributed by atoms with Crippen LogP contribution in [-0.2, 0) is 23.9 Å². The van der Waals surface area contributed by atoms with Crippen molar-refractivity contribution in [2.45, 2.75) is 45.6 Å². The molecular weight excluding hydrogens is 314 g/mol. The van der Waals surface area contributed by atoms with Gasteiger partial charge in [-0.05, 0) is 31.7 Å². The molecule has 1 aromatic heterocycles. The van der Waals surface area contributed by atoms with Gasteiger partial charge in [0.15, 0.2) is 0 Å². The van der Waals surface area contributed by atoms with Crippen LogP contribution >= 0.6 is 0 Å². The smallest absolute Gasteiger partial charge is 0.225 e. The molecule has 0 fully saturated rings. The molecule has 1 unspecified atom stereocenters. The van der Waals surface area contributed by atoms with Gasteiger partial charge in [0.2, 0.25) is 5.91 Å². The Morgan fingerprint density at radius 1 is 1.24 bits per heavy atom. The minimum Gasteiger partial charge on any atom is -0.383 e. The van der Waals surface area contributed by atoms with E-state index in [1.807, 2.05) is 32.0 Å². The molecule has 0 aliphatic rings. The number of carbonyl (C=O) groups excluding carboxylic acids is 1. The van der Waals surface area contributed by atoms with Gasteiger partial charge in [0.25, 0.3) is 0 Å². The monoisotopic (exact) mass is 343 g/mol. The first-order valence-electron chi connectivity index (χ1n) is 8.74. The van der Waals surface area contributed by atoms with E-state index in [9.17, 15) is 9.90 Å². The molecule has 0 spiro atoms. The summed E-state index contributed by atoms with van der Waals surface area (Å²) in [6.45, 7) is 5.75. The van der Waals surface area contributed by atoms with Crippen molar-refractivity contribution in [2.75, 3.05) is 6.54 Å². The van der Waals surface area contributed by atoms with Gasteiger partial charge in [-0.2, -0.15) is 5.10 Å². The Morgan fingerprint density at radius 3 is 2.52 bits per heavy atom. The first-order chi connectivity index (χ1) is 11.7. The van der Waals surface area contributed by atoms with E-state index in [-0.39, 0.29) is 12.5 Å². The van der Waals surface area contributed by atoms with Gasteiger partial charge in [0.05, 0.1) is 12.7 Å². The molecule has 136 valence electrons. The molecule has 5 nitrogen and oxygen atoms in total. The van der Waals surface area contributed by atoms with Crippen molar-refractivity contribution < 1.29 is 9.90 Å². The second-order valence-corrected chi connectivity index (χ2v) is 7.58. The number of aryl methyl sites for hydroxylation is 2. The van der Waals surface area contributed by atoms with Crippen LogP contribution in [0.1, 0.15) is 44.7 Å². The van der Waals surface area contributed by atoms with Crippen LogP contribution in [0.2, 0.25) is 0 Å². The Hall–Kier alpha value is -2.14. The molecule has 1 atom stereocenters. The maximum Gasteiger partial charge on any atom is 0.225 e. The Bertz CT molecular complexity index is 690. The average Bonchev–Trinajstić information content (AvgIpc) is 3.01. The second kappa shape index (κ2) is 7.83. The van der Waals surface area contributed by atoms with E-state index >= 15 is 0 Å². The molecule has 1 heterocycles. The van der Waals surface area contributed by atoms with Gasteiger partial charge in [-0.15, -0.1) is 0 Å². The van der Waals surface area contributed by atoms with Gasteiger partial charge in [0, 0.05) is 24.2 Å². The van der Waals surface area contributed by atoms with E-state index in [0.717, 1.165) is 19.3 Å². The summed E-state index contributed by atoms with van der Waals surface area (Å²) in [7, 11) is 1.80. The van der Waals surface area contributed by atoms with Crippen molar-refractivity contribution in [1.29, 1.82) is 0 Å². The number of amides is 1. The average molecular weight is 343 g/mol. The van der Waals surface area contributed by atoms with Gasteiger partial charge >= 0.3 is 0 Å². The van der Waals surface area contributed by atoms with Crippen molar-refractivity contribution in [3.63, 3.8) is 0 Å². The third-order valence-electron chi connectivity index (χ3n) is 4.64. The van der Waals surface area contributed by atoms with E-state index < -0.39 is 11.0 Å². The standard InChI is InChI=1S/C20H29N3O2/c1-19(2,12-8-11-16-9-6-5-7-10-16)18(24)21-15-20(3,25)17-13-22-23(4)14-17/h5-7,9-10,13-14,25H,8,11-12,15H2,1-4H3,(H,21,24). The topological polar surface area (TPSA) is 67.2 Å². The van der Waals surface area contributed by atoms with Gasteiger partial charge in [-0.25, -0.2) is 0 Å². The summed E-state index contributed by atoms with van der Waals surface area (Å²) in [5, 5.41) is 17.5. The third kappa shape index (κ3) is 5.43. The molecular formula is C20H29N3O2. The predicted octanol–water partition coefficient (Wildman–Crippen LogP) is 2.79. The highest BCUT2D eigenvalue weighted by atomic mass is 16.3. The number of rotatable bonds is 8. The number of carbonyl (C=O) groups is 1. The maximum atomic E-state index is 12.5. The fourth-order valence-corrected chi connectivity index (χ4v) is 2.79. The molecule has 5 heteroatoms. The summed E-state index contributed by atoms with van der Waals surface area (Å²) in [6, 6.07) is 10.3. The van der Waals surface area contributed by atoms with Crippen molar-refractivity contribution in [2.24, 2.45) is 12.5 Å². The van der Waals surface area contributed by atoms with Crippen molar-refractivity contribution in [3.05, 3.63) is 53.9 Å². The first kappa shape index (κ1) is 19.2. The SMILES string of the molecule is Cn1cc(C(C)(O)CNC(=O)C(C)(C)CCCc2ccccc2)cn1. The van der Waals surface area contributed by atoms with Crippen molar-refractivity contribution >= 4 is 5.91 Å². The lowest BCUT2D eigenvalue weighted by Gasteiger charge is -2.27. The first-order valence-corrected chi connectivity index (χ1v) is 8.74. The minimum absolute atomic E-state index is 0.0373. The van der Waals surface area contributed by atoms with E-state index in [2.05, 4.69) is 22.5 Å². The van der Waals surface area contributed by atoms with E-state index in [4.69, 9.17) is 0 Å². The Balaban J connectivity index is 1.83. The van der Waals surface area contributed by atoms with Crippen molar-refractivity contribution in [3.8, 4) is 0 Å². The lowest BCUT2D eigenvalue weighted by molar-refractivity contribution is -0.131. The third-order valence-corrected chi connectivity index (χ3v) is 4.64. The molecule has 2 aromatic rings. The molecule has 1 amide bonds. The second-order valence-electron chi connectivity index (χ2n) is 7.58. The summed E-state index contributed by atoms with van der Waals surface area (Å²) in [6.07, 6.45) is 6.09. The zero-order valence-electron chi connectivity index (χ0n) is 15.6. The Morgan fingerprint density at radius 2 is 1.92 bits per heavy atom. The fourth-order valence-electron chi connectivity index (χ4n) is 2.79. The van der Waals surface area contributed by atoms with Crippen LogP contribution in [0.5, 0.6) is 0 Å². The van der Waals surface area contributed by atoms with Crippen LogP contribution in [-0.4, -0.2) is 27.3 Å². The normalized spacial score (nSPS) is 14.1. The molecule has 2 rings (SSSR count). The molecule has 2 N–H and O–H groups in total.